The molecule has 0 aliphatic heterocycles. The van der Waals surface area contributed by atoms with E-state index in [9.17, 15) is 13.5 Å². The van der Waals surface area contributed by atoms with Gasteiger partial charge in [0.1, 0.15) is 0 Å². The fraction of sp³-hybridized carbons (Fsp3) is 0.538. The molecule has 1 aromatic rings. The highest BCUT2D eigenvalue weighted by atomic mass is 32.2. The third kappa shape index (κ3) is 2.91. The first-order valence-electron chi connectivity index (χ1n) is 6.00. The van der Waals surface area contributed by atoms with Gasteiger partial charge in [-0.3, -0.25) is 0 Å². The van der Waals surface area contributed by atoms with Crippen LogP contribution >= 0.6 is 0 Å². The minimum atomic E-state index is -3.69. The Labute approximate surface area is 115 Å². The first-order chi connectivity index (χ1) is 8.54. The second kappa shape index (κ2) is 5.11. The molecule has 0 atom stereocenters. The number of nitrogens with zero attached hydrogens (tertiary/aromatic N) is 1. The van der Waals surface area contributed by atoms with E-state index in [0.717, 1.165) is 5.56 Å². The summed E-state index contributed by atoms with van der Waals surface area (Å²) in [6.07, 6.45) is 0. The number of aliphatic hydroxyl groups is 1. The van der Waals surface area contributed by atoms with Crippen molar-refractivity contribution in [3.05, 3.63) is 23.3 Å². The number of aliphatic hydroxyl groups excluding tert-OH is 1. The van der Waals surface area contributed by atoms with Gasteiger partial charge in [-0.25, -0.2) is 8.42 Å². The summed E-state index contributed by atoms with van der Waals surface area (Å²) in [5.74, 6) is 0. The standard InChI is InChI=1S/C13H22N2O3S/c1-9-6-11(14)7-12(10(9)2)19(17,18)15(5)13(3,4)8-16/h6-7,16H,8,14H2,1-5H3. The van der Waals surface area contributed by atoms with Crippen LogP contribution in [0.15, 0.2) is 17.0 Å². The lowest BCUT2D eigenvalue weighted by Gasteiger charge is -2.33. The lowest BCUT2D eigenvalue weighted by atomic mass is 10.1. The monoisotopic (exact) mass is 286 g/mol. The van der Waals surface area contributed by atoms with E-state index in [1.807, 2.05) is 6.92 Å². The zero-order valence-corrected chi connectivity index (χ0v) is 12.9. The summed E-state index contributed by atoms with van der Waals surface area (Å²) in [7, 11) is -2.23. The fourth-order valence-corrected chi connectivity index (χ4v) is 3.53. The minimum Gasteiger partial charge on any atom is -0.399 e. The van der Waals surface area contributed by atoms with Gasteiger partial charge < -0.3 is 10.8 Å². The normalized spacial score (nSPS) is 13.0. The quantitative estimate of drug-likeness (QED) is 0.817. The van der Waals surface area contributed by atoms with Crippen molar-refractivity contribution in [2.75, 3.05) is 19.4 Å². The van der Waals surface area contributed by atoms with E-state index in [-0.39, 0.29) is 11.5 Å². The van der Waals surface area contributed by atoms with Crippen LogP contribution in [0.1, 0.15) is 25.0 Å². The maximum absolute atomic E-state index is 12.6. The van der Waals surface area contributed by atoms with Gasteiger partial charge in [0.2, 0.25) is 10.0 Å². The SMILES string of the molecule is Cc1cc(N)cc(S(=O)(=O)N(C)C(C)(C)CO)c1C. The molecule has 0 aliphatic rings. The largest absolute Gasteiger partial charge is 0.399 e. The van der Waals surface area contributed by atoms with Crippen LogP contribution in [0.4, 0.5) is 5.69 Å². The highest BCUT2D eigenvalue weighted by Gasteiger charge is 2.34. The van der Waals surface area contributed by atoms with E-state index in [1.54, 1.807) is 26.8 Å². The molecule has 3 N–H and O–H groups in total. The number of anilines is 1. The number of benzene rings is 1. The third-order valence-corrected chi connectivity index (χ3v) is 5.72. The van der Waals surface area contributed by atoms with Crippen LogP contribution in [0.25, 0.3) is 0 Å². The molecular formula is C13H22N2O3S. The summed E-state index contributed by atoms with van der Waals surface area (Å²) in [6.45, 7) is 6.64. The van der Waals surface area contributed by atoms with E-state index in [2.05, 4.69) is 0 Å². The van der Waals surface area contributed by atoms with Gasteiger partial charge in [0.25, 0.3) is 0 Å². The van der Waals surface area contributed by atoms with Gasteiger partial charge in [0.05, 0.1) is 17.0 Å². The Hall–Kier alpha value is -1.11. The minimum absolute atomic E-state index is 0.189. The van der Waals surface area contributed by atoms with E-state index >= 15 is 0 Å². The molecule has 0 aliphatic carbocycles. The summed E-state index contributed by atoms with van der Waals surface area (Å²) in [4.78, 5) is 0.189. The third-order valence-electron chi connectivity index (χ3n) is 3.52. The molecule has 0 saturated heterocycles. The van der Waals surface area contributed by atoms with Crippen molar-refractivity contribution in [1.29, 1.82) is 0 Å². The number of rotatable bonds is 4. The van der Waals surface area contributed by atoms with Crippen molar-refractivity contribution in [1.82, 2.24) is 4.31 Å². The maximum atomic E-state index is 12.6. The highest BCUT2D eigenvalue weighted by molar-refractivity contribution is 7.89. The first-order valence-corrected chi connectivity index (χ1v) is 7.44. The van der Waals surface area contributed by atoms with Gasteiger partial charge in [-0.2, -0.15) is 4.31 Å². The van der Waals surface area contributed by atoms with Crippen molar-refractivity contribution in [2.45, 2.75) is 38.1 Å². The fourth-order valence-electron chi connectivity index (χ4n) is 1.69. The molecule has 0 aromatic heterocycles. The lowest BCUT2D eigenvalue weighted by Crippen LogP contribution is -2.47. The Kier molecular flexibility index (Phi) is 4.29. The topological polar surface area (TPSA) is 83.6 Å². The van der Waals surface area contributed by atoms with E-state index in [4.69, 9.17) is 5.73 Å². The summed E-state index contributed by atoms with van der Waals surface area (Å²) >= 11 is 0. The molecule has 1 aromatic carbocycles. The number of nitrogens with two attached hydrogens (primary N) is 1. The molecule has 0 heterocycles. The Balaban J connectivity index is 3.45. The lowest BCUT2D eigenvalue weighted by molar-refractivity contribution is 0.138. The molecule has 0 bridgehead atoms. The van der Waals surface area contributed by atoms with Gasteiger partial charge in [0.15, 0.2) is 0 Å². The number of hydrogen-bond acceptors (Lipinski definition) is 4. The van der Waals surface area contributed by atoms with Crippen LogP contribution < -0.4 is 5.73 Å². The van der Waals surface area contributed by atoms with Crippen LogP contribution in [-0.2, 0) is 10.0 Å². The smallest absolute Gasteiger partial charge is 0.243 e. The van der Waals surface area contributed by atoms with Crippen molar-refractivity contribution in [2.24, 2.45) is 0 Å². The summed E-state index contributed by atoms with van der Waals surface area (Å²) < 4.78 is 26.4. The van der Waals surface area contributed by atoms with Crippen molar-refractivity contribution < 1.29 is 13.5 Å². The highest BCUT2D eigenvalue weighted by Crippen LogP contribution is 2.28. The molecule has 0 saturated carbocycles. The molecule has 108 valence electrons. The molecule has 0 fully saturated rings. The van der Waals surface area contributed by atoms with Gasteiger partial charge in [-0.1, -0.05) is 0 Å². The van der Waals surface area contributed by atoms with Crippen molar-refractivity contribution >= 4 is 15.7 Å². The number of hydrogen-bond donors (Lipinski definition) is 2. The average Bonchev–Trinajstić information content (AvgIpc) is 2.32. The van der Waals surface area contributed by atoms with Gasteiger partial charge >= 0.3 is 0 Å². The zero-order chi connectivity index (χ0) is 15.0. The van der Waals surface area contributed by atoms with Crippen molar-refractivity contribution in [3.63, 3.8) is 0 Å². The molecule has 0 unspecified atom stereocenters. The molecular weight excluding hydrogens is 264 g/mol. The molecule has 0 radical (unpaired) electrons. The molecule has 1 rings (SSSR count). The van der Waals surface area contributed by atoms with Crippen LogP contribution in [0.3, 0.4) is 0 Å². The number of nitrogen functional groups attached to an aromatic ring is 1. The Morgan fingerprint density at radius 3 is 2.32 bits per heavy atom. The Morgan fingerprint density at radius 1 is 1.32 bits per heavy atom. The maximum Gasteiger partial charge on any atom is 0.243 e. The first kappa shape index (κ1) is 15.9. The van der Waals surface area contributed by atoms with Crippen LogP contribution in [-0.4, -0.2) is 37.0 Å². The zero-order valence-electron chi connectivity index (χ0n) is 12.1. The summed E-state index contributed by atoms with van der Waals surface area (Å²) in [6, 6.07) is 3.20. The molecule has 19 heavy (non-hydrogen) atoms. The number of aryl methyl sites for hydroxylation is 1. The second-order valence-corrected chi connectivity index (χ2v) is 7.34. The van der Waals surface area contributed by atoms with Crippen LogP contribution in [0.2, 0.25) is 0 Å². The Bertz CT molecular complexity index is 580. The predicted molar refractivity (Wildman–Crippen MR) is 76.4 cm³/mol. The summed E-state index contributed by atoms with van der Waals surface area (Å²) in [5.41, 5.74) is 6.78. The Morgan fingerprint density at radius 2 is 1.84 bits per heavy atom. The second-order valence-electron chi connectivity index (χ2n) is 5.40. The summed E-state index contributed by atoms with van der Waals surface area (Å²) in [5, 5.41) is 9.32. The van der Waals surface area contributed by atoms with E-state index in [0.29, 0.717) is 11.3 Å². The molecule has 6 heteroatoms. The van der Waals surface area contributed by atoms with E-state index < -0.39 is 15.6 Å². The number of likely N-dealkylation sites (N-methyl/N-ethyl adjacent to an activating group) is 1. The molecule has 0 amide bonds. The predicted octanol–water partition coefficient (Wildman–Crippen LogP) is 1.28. The van der Waals surface area contributed by atoms with Crippen molar-refractivity contribution in [3.8, 4) is 0 Å². The van der Waals surface area contributed by atoms with Gasteiger partial charge in [-0.05, 0) is 51.0 Å². The molecule has 0 spiro atoms. The number of sulfonamides is 1. The average molecular weight is 286 g/mol. The van der Waals surface area contributed by atoms with Crippen LogP contribution in [0, 0.1) is 13.8 Å². The van der Waals surface area contributed by atoms with Crippen LogP contribution in [0.5, 0.6) is 0 Å². The van der Waals surface area contributed by atoms with E-state index in [1.165, 1.54) is 17.4 Å². The van der Waals surface area contributed by atoms with Gasteiger partial charge in [-0.15, -0.1) is 0 Å². The molecule has 5 nitrogen and oxygen atoms in total. The van der Waals surface area contributed by atoms with Gasteiger partial charge in [0, 0.05) is 12.7 Å².